The molecule has 0 saturated carbocycles. The van der Waals surface area contributed by atoms with Gasteiger partial charge in [0.1, 0.15) is 0 Å². The molecule has 0 saturated heterocycles. The SMILES string of the molecule is CCc1ccc(C(=S)C(=S)c2ccccc2)cc1.CCc1ccc(C(=S)C(=S)c2ccccc2)cc1.[Ni]. The molecule has 4 aromatic carbocycles. The molecule has 0 bridgehead atoms. The van der Waals surface area contributed by atoms with Crippen molar-refractivity contribution in [3.8, 4) is 0 Å². The Labute approximate surface area is 252 Å². The van der Waals surface area contributed by atoms with Crippen LogP contribution in [0, 0.1) is 0 Å². The van der Waals surface area contributed by atoms with Crippen LogP contribution in [-0.2, 0) is 29.3 Å². The van der Waals surface area contributed by atoms with Gasteiger partial charge in [0, 0.05) is 16.5 Å². The van der Waals surface area contributed by atoms with Crippen molar-refractivity contribution in [3.63, 3.8) is 0 Å². The molecule has 0 radical (unpaired) electrons. The molecule has 0 spiro atoms. The van der Waals surface area contributed by atoms with E-state index >= 15 is 0 Å². The fraction of sp³-hybridized carbons (Fsp3) is 0.125. The van der Waals surface area contributed by atoms with Crippen molar-refractivity contribution >= 4 is 68.3 Å². The summed E-state index contributed by atoms with van der Waals surface area (Å²) in [4.78, 5) is 2.99. The van der Waals surface area contributed by atoms with Gasteiger partial charge in [-0.3, -0.25) is 0 Å². The van der Waals surface area contributed by atoms with Gasteiger partial charge in [-0.25, -0.2) is 0 Å². The van der Waals surface area contributed by atoms with Crippen LogP contribution in [0.5, 0.6) is 0 Å². The zero-order valence-corrected chi connectivity index (χ0v) is 25.0. The molecule has 0 aliphatic rings. The van der Waals surface area contributed by atoms with Gasteiger partial charge in [-0.15, -0.1) is 0 Å². The smallest absolute Gasteiger partial charge is 0.0636 e. The Morgan fingerprint density at radius 2 is 0.649 bits per heavy atom. The molecular formula is C32H28NiS4. The topological polar surface area (TPSA) is 0 Å². The van der Waals surface area contributed by atoms with Gasteiger partial charge in [0.25, 0.3) is 0 Å². The van der Waals surface area contributed by atoms with Crippen molar-refractivity contribution in [2.45, 2.75) is 26.7 Å². The van der Waals surface area contributed by atoms with Gasteiger partial charge in [0.15, 0.2) is 0 Å². The van der Waals surface area contributed by atoms with E-state index in [-0.39, 0.29) is 16.5 Å². The summed E-state index contributed by atoms with van der Waals surface area (Å²) in [5, 5.41) is 0. The maximum absolute atomic E-state index is 5.46. The number of benzene rings is 4. The standard InChI is InChI=1S/2C16H14S2.Ni/c2*1-2-12-8-10-14(11-9-12)16(18)15(17)13-6-4-3-5-7-13;/h2*3-11H,2H2,1H3;. The van der Waals surface area contributed by atoms with Crippen LogP contribution in [0.3, 0.4) is 0 Å². The predicted octanol–water partition coefficient (Wildman–Crippen LogP) is 8.77. The van der Waals surface area contributed by atoms with Crippen molar-refractivity contribution in [2.24, 2.45) is 0 Å². The minimum Gasteiger partial charge on any atom is -0.0778 e. The molecule has 0 fully saturated rings. The Hall–Kier alpha value is -2.27. The van der Waals surface area contributed by atoms with E-state index in [1.807, 2.05) is 60.7 Å². The first-order valence-corrected chi connectivity index (χ1v) is 13.5. The monoisotopic (exact) mass is 598 g/mol. The fourth-order valence-electron chi connectivity index (χ4n) is 3.49. The van der Waals surface area contributed by atoms with E-state index in [0.29, 0.717) is 0 Å². The van der Waals surface area contributed by atoms with Crippen LogP contribution < -0.4 is 0 Å². The summed E-state index contributed by atoms with van der Waals surface area (Å²) in [5.41, 5.74) is 6.70. The summed E-state index contributed by atoms with van der Waals surface area (Å²) in [7, 11) is 0. The van der Waals surface area contributed by atoms with Gasteiger partial charge in [-0.2, -0.15) is 0 Å². The molecule has 0 aliphatic carbocycles. The average Bonchev–Trinajstić information content (AvgIpc) is 2.97. The van der Waals surface area contributed by atoms with Gasteiger partial charge in [0.2, 0.25) is 0 Å². The first kappa shape index (κ1) is 31.0. The van der Waals surface area contributed by atoms with Crippen LogP contribution in [0.15, 0.2) is 109 Å². The Balaban J connectivity index is 0.000000253. The third-order valence-electron chi connectivity index (χ3n) is 5.73. The number of hydrogen-bond acceptors (Lipinski definition) is 4. The Morgan fingerprint density at radius 3 is 0.892 bits per heavy atom. The minimum atomic E-state index is 0. The summed E-state index contributed by atoms with van der Waals surface area (Å²) in [6.07, 6.45) is 2.08. The van der Waals surface area contributed by atoms with E-state index in [0.717, 1.165) is 54.6 Å². The molecule has 0 heterocycles. The second-order valence-corrected chi connectivity index (χ2v) is 9.78. The summed E-state index contributed by atoms with van der Waals surface area (Å²) in [6, 6.07) is 36.5. The second kappa shape index (κ2) is 15.9. The fourth-order valence-corrected chi connectivity index (χ4v) is 4.50. The Bertz CT molecular complexity index is 1220. The van der Waals surface area contributed by atoms with Gasteiger partial charge < -0.3 is 0 Å². The largest absolute Gasteiger partial charge is 0.0778 e. The van der Waals surface area contributed by atoms with Crippen LogP contribution in [0.2, 0.25) is 0 Å². The Kier molecular flexibility index (Phi) is 13.3. The molecule has 0 atom stereocenters. The van der Waals surface area contributed by atoms with E-state index in [9.17, 15) is 0 Å². The van der Waals surface area contributed by atoms with E-state index in [2.05, 4.69) is 62.4 Å². The minimum absolute atomic E-state index is 0. The zero-order chi connectivity index (χ0) is 25.9. The van der Waals surface area contributed by atoms with Crippen molar-refractivity contribution in [2.75, 3.05) is 0 Å². The first-order chi connectivity index (χ1) is 17.4. The number of rotatable bonds is 8. The summed E-state index contributed by atoms with van der Waals surface area (Å²) >= 11 is 21.8. The van der Waals surface area contributed by atoms with Crippen molar-refractivity contribution < 1.29 is 16.5 Å². The third-order valence-corrected chi connectivity index (χ3v) is 7.75. The molecule has 0 amide bonds. The summed E-state index contributed by atoms with van der Waals surface area (Å²) in [5.74, 6) is 0. The molecule has 0 unspecified atom stereocenters. The molecule has 0 aliphatic heterocycles. The van der Waals surface area contributed by atoms with E-state index < -0.39 is 0 Å². The van der Waals surface area contributed by atoms with Crippen molar-refractivity contribution in [1.29, 1.82) is 0 Å². The summed E-state index contributed by atoms with van der Waals surface area (Å²) in [6.45, 7) is 4.28. The molecule has 0 nitrogen and oxygen atoms in total. The summed E-state index contributed by atoms with van der Waals surface area (Å²) < 4.78 is 0. The van der Waals surface area contributed by atoms with Crippen molar-refractivity contribution in [1.82, 2.24) is 0 Å². The normalized spacial score (nSPS) is 9.78. The molecule has 0 N–H and O–H groups in total. The van der Waals surface area contributed by atoms with Gasteiger partial charge in [-0.1, -0.05) is 172 Å². The van der Waals surface area contributed by atoms with Crippen LogP contribution in [0.25, 0.3) is 0 Å². The molecule has 5 heteroatoms. The Morgan fingerprint density at radius 1 is 0.405 bits per heavy atom. The number of hydrogen-bond donors (Lipinski definition) is 0. The van der Waals surface area contributed by atoms with Crippen LogP contribution in [-0.4, -0.2) is 19.5 Å². The van der Waals surface area contributed by atoms with Gasteiger partial charge >= 0.3 is 0 Å². The first-order valence-electron chi connectivity index (χ1n) is 11.9. The molecule has 4 rings (SSSR count). The van der Waals surface area contributed by atoms with E-state index in [4.69, 9.17) is 48.9 Å². The molecule has 4 aromatic rings. The van der Waals surface area contributed by atoms with Crippen molar-refractivity contribution in [3.05, 3.63) is 143 Å². The van der Waals surface area contributed by atoms with Crippen LogP contribution in [0.4, 0.5) is 0 Å². The predicted molar refractivity (Wildman–Crippen MR) is 171 cm³/mol. The molecule has 190 valence electrons. The van der Waals surface area contributed by atoms with Crippen LogP contribution >= 0.6 is 48.9 Å². The average molecular weight is 600 g/mol. The maximum atomic E-state index is 5.46. The molecule has 37 heavy (non-hydrogen) atoms. The second-order valence-electron chi connectivity index (χ2n) is 8.15. The molecular weight excluding hydrogens is 571 g/mol. The van der Waals surface area contributed by atoms with E-state index in [1.54, 1.807) is 0 Å². The number of aryl methyl sites for hydroxylation is 2. The van der Waals surface area contributed by atoms with Crippen LogP contribution in [0.1, 0.15) is 47.2 Å². The van der Waals surface area contributed by atoms with E-state index in [1.165, 1.54) is 11.1 Å². The zero-order valence-electron chi connectivity index (χ0n) is 20.8. The van der Waals surface area contributed by atoms with Gasteiger partial charge in [0.05, 0.1) is 19.5 Å². The quantitative estimate of drug-likeness (QED) is 0.113. The maximum Gasteiger partial charge on any atom is 0.0636 e. The molecule has 0 aromatic heterocycles. The number of thiocarbonyl (C=S) groups is 4. The third kappa shape index (κ3) is 8.91. The van der Waals surface area contributed by atoms with Gasteiger partial charge in [-0.05, 0) is 46.2 Å².